The van der Waals surface area contributed by atoms with E-state index >= 15 is 0 Å². The fourth-order valence-corrected chi connectivity index (χ4v) is 2.19. The summed E-state index contributed by atoms with van der Waals surface area (Å²) in [6, 6.07) is 1.85. The molecule has 7 heteroatoms. The number of hydrogen-bond donors (Lipinski definition) is 0. The molecule has 20 heavy (non-hydrogen) atoms. The van der Waals surface area contributed by atoms with Crippen molar-refractivity contribution in [1.82, 2.24) is 20.2 Å². The first kappa shape index (κ1) is 12.8. The van der Waals surface area contributed by atoms with E-state index in [0.29, 0.717) is 24.8 Å². The SMILES string of the molecule is CCOC(=O)c1nnn(Cc2cc(C)on2)c1C1CC1. The van der Waals surface area contributed by atoms with Crippen molar-refractivity contribution in [2.75, 3.05) is 6.61 Å². The Kier molecular flexibility index (Phi) is 3.25. The summed E-state index contributed by atoms with van der Waals surface area (Å²) in [5.74, 6) is 0.688. The minimum atomic E-state index is -0.406. The largest absolute Gasteiger partial charge is 0.461 e. The van der Waals surface area contributed by atoms with E-state index in [9.17, 15) is 4.79 Å². The van der Waals surface area contributed by atoms with E-state index in [1.165, 1.54) is 0 Å². The number of rotatable bonds is 5. The molecule has 2 heterocycles. The zero-order valence-electron chi connectivity index (χ0n) is 11.5. The Labute approximate surface area is 115 Å². The van der Waals surface area contributed by atoms with Gasteiger partial charge in [0.25, 0.3) is 0 Å². The van der Waals surface area contributed by atoms with Crippen molar-refractivity contribution in [1.29, 1.82) is 0 Å². The van der Waals surface area contributed by atoms with Crippen LogP contribution >= 0.6 is 0 Å². The van der Waals surface area contributed by atoms with Gasteiger partial charge in [-0.15, -0.1) is 5.10 Å². The van der Waals surface area contributed by atoms with Crippen molar-refractivity contribution in [3.05, 3.63) is 28.9 Å². The summed E-state index contributed by atoms with van der Waals surface area (Å²) in [4.78, 5) is 11.9. The van der Waals surface area contributed by atoms with Gasteiger partial charge < -0.3 is 9.26 Å². The average molecular weight is 276 g/mol. The number of carbonyl (C=O) groups is 1. The number of aryl methyl sites for hydroxylation is 1. The predicted octanol–water partition coefficient (Wildman–Crippen LogP) is 1.68. The van der Waals surface area contributed by atoms with Crippen LogP contribution in [-0.2, 0) is 11.3 Å². The topological polar surface area (TPSA) is 83.0 Å². The molecule has 0 radical (unpaired) electrons. The van der Waals surface area contributed by atoms with Crippen molar-refractivity contribution in [2.45, 2.75) is 39.2 Å². The first-order valence-corrected chi connectivity index (χ1v) is 6.71. The van der Waals surface area contributed by atoms with E-state index < -0.39 is 5.97 Å². The summed E-state index contributed by atoms with van der Waals surface area (Å²) in [5, 5.41) is 12.0. The minimum Gasteiger partial charge on any atom is -0.461 e. The Morgan fingerprint density at radius 3 is 2.95 bits per heavy atom. The highest BCUT2D eigenvalue weighted by molar-refractivity contribution is 5.88. The maximum atomic E-state index is 11.9. The van der Waals surface area contributed by atoms with Crippen LogP contribution in [0.15, 0.2) is 10.6 Å². The minimum absolute atomic E-state index is 0.328. The third kappa shape index (κ3) is 2.43. The van der Waals surface area contributed by atoms with Crippen molar-refractivity contribution in [3.8, 4) is 0 Å². The maximum absolute atomic E-state index is 11.9. The molecule has 0 atom stereocenters. The number of esters is 1. The Hall–Kier alpha value is -2.18. The molecular formula is C13H16N4O3. The summed E-state index contributed by atoms with van der Waals surface area (Å²) < 4.78 is 11.8. The molecule has 0 aliphatic heterocycles. The lowest BCUT2D eigenvalue weighted by atomic mass is 10.2. The maximum Gasteiger partial charge on any atom is 0.360 e. The zero-order chi connectivity index (χ0) is 14.1. The molecule has 1 saturated carbocycles. The lowest BCUT2D eigenvalue weighted by Crippen LogP contribution is -2.11. The molecule has 7 nitrogen and oxygen atoms in total. The summed E-state index contributed by atoms with van der Waals surface area (Å²) in [6.07, 6.45) is 2.11. The highest BCUT2D eigenvalue weighted by Gasteiger charge is 2.34. The normalized spacial score (nSPS) is 14.5. The van der Waals surface area contributed by atoms with Crippen LogP contribution in [0, 0.1) is 6.92 Å². The Bertz CT molecular complexity index is 627. The fraction of sp³-hybridized carbons (Fsp3) is 0.538. The molecule has 0 unspecified atom stereocenters. The van der Waals surface area contributed by atoms with Gasteiger partial charge in [0, 0.05) is 12.0 Å². The Morgan fingerprint density at radius 2 is 2.35 bits per heavy atom. The van der Waals surface area contributed by atoms with Gasteiger partial charge in [0.2, 0.25) is 0 Å². The van der Waals surface area contributed by atoms with E-state index in [1.807, 2.05) is 13.0 Å². The molecular weight excluding hydrogens is 260 g/mol. The molecule has 1 fully saturated rings. The molecule has 3 rings (SSSR count). The Morgan fingerprint density at radius 1 is 1.55 bits per heavy atom. The van der Waals surface area contributed by atoms with E-state index in [1.54, 1.807) is 11.6 Å². The highest BCUT2D eigenvalue weighted by atomic mass is 16.5. The van der Waals surface area contributed by atoms with Crippen molar-refractivity contribution in [3.63, 3.8) is 0 Å². The third-order valence-corrected chi connectivity index (χ3v) is 3.19. The fourth-order valence-electron chi connectivity index (χ4n) is 2.19. The summed E-state index contributed by atoms with van der Waals surface area (Å²) >= 11 is 0. The van der Waals surface area contributed by atoms with Gasteiger partial charge in [0.1, 0.15) is 11.5 Å². The molecule has 0 aromatic carbocycles. The van der Waals surface area contributed by atoms with E-state index in [0.717, 1.165) is 30.0 Å². The first-order valence-electron chi connectivity index (χ1n) is 6.71. The molecule has 2 aromatic heterocycles. The summed E-state index contributed by atoms with van der Waals surface area (Å²) in [6.45, 7) is 4.40. The summed E-state index contributed by atoms with van der Waals surface area (Å²) in [7, 11) is 0. The van der Waals surface area contributed by atoms with E-state index in [2.05, 4.69) is 15.5 Å². The monoisotopic (exact) mass is 276 g/mol. The average Bonchev–Trinajstić information content (AvgIpc) is 3.05. The number of hydrogen-bond acceptors (Lipinski definition) is 6. The molecule has 0 saturated heterocycles. The van der Waals surface area contributed by atoms with Crippen LogP contribution in [0.2, 0.25) is 0 Å². The lowest BCUT2D eigenvalue weighted by molar-refractivity contribution is 0.0518. The van der Waals surface area contributed by atoms with Gasteiger partial charge in [-0.3, -0.25) is 0 Å². The van der Waals surface area contributed by atoms with Crippen LogP contribution in [0.1, 0.15) is 53.3 Å². The summed E-state index contributed by atoms with van der Waals surface area (Å²) in [5.41, 5.74) is 1.95. The van der Waals surface area contributed by atoms with Crippen molar-refractivity contribution >= 4 is 5.97 Å². The molecule has 0 bridgehead atoms. The standard InChI is InChI=1S/C13H16N4O3/c1-3-19-13(18)11-12(9-4-5-9)17(16-14-11)7-10-6-8(2)20-15-10/h6,9H,3-5,7H2,1-2H3. The second-order valence-electron chi connectivity index (χ2n) is 4.90. The van der Waals surface area contributed by atoms with E-state index in [4.69, 9.17) is 9.26 Å². The van der Waals surface area contributed by atoms with Gasteiger partial charge in [0.15, 0.2) is 5.69 Å². The van der Waals surface area contributed by atoms with Crippen molar-refractivity contribution < 1.29 is 14.1 Å². The molecule has 2 aromatic rings. The van der Waals surface area contributed by atoms with Gasteiger partial charge in [-0.05, 0) is 26.7 Å². The number of ether oxygens (including phenoxy) is 1. The third-order valence-electron chi connectivity index (χ3n) is 3.19. The van der Waals surface area contributed by atoms with Gasteiger partial charge in [-0.2, -0.15) is 0 Å². The number of carbonyl (C=O) groups excluding carboxylic acids is 1. The molecule has 0 N–H and O–H groups in total. The zero-order valence-corrected chi connectivity index (χ0v) is 11.5. The molecule has 106 valence electrons. The molecule has 0 spiro atoms. The quantitative estimate of drug-likeness (QED) is 0.772. The molecule has 1 aliphatic carbocycles. The van der Waals surface area contributed by atoms with Gasteiger partial charge in [-0.1, -0.05) is 10.4 Å². The Balaban J connectivity index is 1.89. The smallest absolute Gasteiger partial charge is 0.360 e. The lowest BCUT2D eigenvalue weighted by Gasteiger charge is -2.04. The molecule has 1 aliphatic rings. The van der Waals surface area contributed by atoms with Crippen LogP contribution < -0.4 is 0 Å². The predicted molar refractivity (Wildman–Crippen MR) is 68.3 cm³/mol. The van der Waals surface area contributed by atoms with Gasteiger partial charge in [-0.25, -0.2) is 9.48 Å². The van der Waals surface area contributed by atoms with Crippen LogP contribution in [0.5, 0.6) is 0 Å². The second kappa shape index (κ2) is 5.07. The highest BCUT2D eigenvalue weighted by Crippen LogP contribution is 2.41. The van der Waals surface area contributed by atoms with Crippen LogP contribution in [-0.4, -0.2) is 32.7 Å². The van der Waals surface area contributed by atoms with Crippen LogP contribution in [0.25, 0.3) is 0 Å². The second-order valence-corrected chi connectivity index (χ2v) is 4.90. The van der Waals surface area contributed by atoms with Crippen molar-refractivity contribution in [2.24, 2.45) is 0 Å². The van der Waals surface area contributed by atoms with Gasteiger partial charge in [0.05, 0.1) is 18.8 Å². The number of nitrogens with zero attached hydrogens (tertiary/aromatic N) is 4. The van der Waals surface area contributed by atoms with E-state index in [-0.39, 0.29) is 0 Å². The van der Waals surface area contributed by atoms with Gasteiger partial charge >= 0.3 is 5.97 Å². The first-order chi connectivity index (χ1) is 9.69. The van der Waals surface area contributed by atoms with Crippen LogP contribution in [0.4, 0.5) is 0 Å². The molecule has 0 amide bonds. The van der Waals surface area contributed by atoms with Crippen LogP contribution in [0.3, 0.4) is 0 Å². The number of aromatic nitrogens is 4.